The van der Waals surface area contributed by atoms with E-state index in [4.69, 9.17) is 11.0 Å². The summed E-state index contributed by atoms with van der Waals surface area (Å²) in [4.78, 5) is 19.8. The van der Waals surface area contributed by atoms with Gasteiger partial charge in [0.25, 0.3) is 5.69 Å². The molecule has 0 amide bonds. The summed E-state index contributed by atoms with van der Waals surface area (Å²) >= 11 is 0. The number of hydrogen-bond acceptors (Lipinski definition) is 8. The zero-order chi connectivity index (χ0) is 13.4. The summed E-state index contributed by atoms with van der Waals surface area (Å²) in [6.07, 6.45) is 0. The first-order valence-corrected chi connectivity index (χ1v) is 4.38. The Bertz CT molecular complexity index is 728. The number of hydrogen-bond donors (Lipinski definition) is 1. The van der Waals surface area contributed by atoms with Gasteiger partial charge >= 0.3 is 5.69 Å². The van der Waals surface area contributed by atoms with Crippen LogP contribution >= 0.6 is 0 Å². The van der Waals surface area contributed by atoms with Crippen LogP contribution < -0.4 is 5.73 Å². The van der Waals surface area contributed by atoms with E-state index in [0.29, 0.717) is 6.07 Å². The highest BCUT2D eigenvalue weighted by atomic mass is 16.6. The van der Waals surface area contributed by atoms with Crippen LogP contribution in [-0.4, -0.2) is 15.0 Å². The van der Waals surface area contributed by atoms with Crippen molar-refractivity contribution in [1.29, 1.82) is 5.26 Å². The van der Waals surface area contributed by atoms with Gasteiger partial charge in [-0.2, -0.15) is 5.26 Å². The maximum absolute atomic E-state index is 10.8. The molecule has 0 spiro atoms. The largest absolute Gasteiger partial charge is 0.390 e. The second-order valence-electron chi connectivity index (χ2n) is 3.19. The molecular formula is C8H3N5O5. The minimum absolute atomic E-state index is 0.245. The van der Waals surface area contributed by atoms with Gasteiger partial charge in [-0.15, -0.1) is 0 Å². The van der Waals surface area contributed by atoms with Gasteiger partial charge in [-0.25, -0.2) is 0 Å². The van der Waals surface area contributed by atoms with Gasteiger partial charge in [0.15, 0.2) is 11.4 Å². The van der Waals surface area contributed by atoms with E-state index in [0.717, 1.165) is 0 Å². The summed E-state index contributed by atoms with van der Waals surface area (Å²) in [5, 5.41) is 33.3. The fourth-order valence-corrected chi connectivity index (χ4v) is 1.48. The summed E-state index contributed by atoms with van der Waals surface area (Å²) in [5.41, 5.74) is 3.03. The number of nitriles is 1. The molecule has 1 heterocycles. The summed E-state index contributed by atoms with van der Waals surface area (Å²) < 4.78 is 4.65. The van der Waals surface area contributed by atoms with Crippen LogP contribution in [0.5, 0.6) is 0 Å². The molecule has 0 bridgehead atoms. The van der Waals surface area contributed by atoms with E-state index in [2.05, 4.69) is 9.68 Å². The summed E-state index contributed by atoms with van der Waals surface area (Å²) in [6, 6.07) is 2.26. The number of benzene rings is 1. The number of nitrogen functional groups attached to an aromatic ring is 1. The molecule has 0 fully saturated rings. The molecule has 18 heavy (non-hydrogen) atoms. The van der Waals surface area contributed by atoms with Crippen LogP contribution in [-0.2, 0) is 0 Å². The Morgan fingerprint density at radius 1 is 1.33 bits per heavy atom. The number of nitrogens with zero attached hydrogens (tertiary/aromatic N) is 4. The molecule has 0 aliphatic heterocycles. The van der Waals surface area contributed by atoms with Gasteiger partial charge in [-0.3, -0.25) is 20.2 Å². The SMILES string of the molecule is N#Cc1noc2c(N)c([N+](=O)[O-])cc([N+](=O)[O-])c12. The third kappa shape index (κ3) is 1.39. The lowest BCUT2D eigenvalue weighted by atomic mass is 10.1. The quantitative estimate of drug-likeness (QED) is 0.469. The first-order chi connectivity index (χ1) is 8.47. The van der Waals surface area contributed by atoms with Crippen molar-refractivity contribution in [2.24, 2.45) is 0 Å². The van der Waals surface area contributed by atoms with E-state index < -0.39 is 26.9 Å². The van der Waals surface area contributed by atoms with E-state index in [9.17, 15) is 20.2 Å². The number of nitrogens with two attached hydrogens (primary N) is 1. The maximum Gasteiger partial charge on any atom is 0.303 e. The van der Waals surface area contributed by atoms with E-state index in [1.165, 1.54) is 0 Å². The number of non-ortho nitro benzene ring substituents is 1. The molecule has 1 aromatic heterocycles. The predicted molar refractivity (Wildman–Crippen MR) is 56.4 cm³/mol. The summed E-state index contributed by atoms with van der Waals surface area (Å²) in [7, 11) is 0. The van der Waals surface area contributed by atoms with Crippen LogP contribution in [0, 0.1) is 31.6 Å². The molecular weight excluding hydrogens is 246 g/mol. The topological polar surface area (TPSA) is 162 Å². The monoisotopic (exact) mass is 249 g/mol. The van der Waals surface area contributed by atoms with E-state index in [1.807, 2.05) is 0 Å². The first kappa shape index (κ1) is 11.3. The number of fused-ring (bicyclic) bond motifs is 1. The molecule has 0 atom stereocenters. The van der Waals surface area contributed by atoms with Crippen LogP contribution in [0.4, 0.5) is 17.1 Å². The third-order valence-corrected chi connectivity index (χ3v) is 2.24. The van der Waals surface area contributed by atoms with E-state index in [1.54, 1.807) is 6.07 Å². The highest BCUT2D eigenvalue weighted by Gasteiger charge is 2.29. The molecule has 0 unspecified atom stereocenters. The Labute approximate surface area is 97.5 Å². The van der Waals surface area contributed by atoms with Gasteiger partial charge in [0.2, 0.25) is 5.58 Å². The van der Waals surface area contributed by atoms with Gasteiger partial charge in [-0.1, -0.05) is 5.16 Å². The molecule has 2 aromatic rings. The van der Waals surface area contributed by atoms with Crippen molar-refractivity contribution in [2.45, 2.75) is 0 Å². The molecule has 0 aliphatic carbocycles. The minimum Gasteiger partial charge on any atom is -0.390 e. The van der Waals surface area contributed by atoms with Gasteiger partial charge < -0.3 is 10.3 Å². The molecule has 10 heteroatoms. The second-order valence-corrected chi connectivity index (χ2v) is 3.19. The average molecular weight is 249 g/mol. The Balaban J connectivity index is 3.00. The number of aromatic nitrogens is 1. The van der Waals surface area contributed by atoms with Crippen LogP contribution in [0.25, 0.3) is 11.0 Å². The molecule has 0 saturated carbocycles. The summed E-state index contributed by atoms with van der Waals surface area (Å²) in [5.74, 6) is 0. The smallest absolute Gasteiger partial charge is 0.303 e. The fourth-order valence-electron chi connectivity index (χ4n) is 1.48. The highest BCUT2D eigenvalue weighted by molar-refractivity contribution is 6.01. The first-order valence-electron chi connectivity index (χ1n) is 4.38. The number of nitro benzene ring substituents is 2. The normalized spacial score (nSPS) is 10.2. The van der Waals surface area contributed by atoms with Crippen molar-refractivity contribution in [3.63, 3.8) is 0 Å². The standard InChI is InChI=1S/C8H3N5O5/c9-2-3-6-4(12(14)15)1-5(13(16)17)7(10)8(6)18-11-3/h1H,10H2. The van der Waals surface area contributed by atoms with Crippen molar-refractivity contribution in [3.8, 4) is 6.07 Å². The van der Waals surface area contributed by atoms with Crippen LogP contribution in [0.3, 0.4) is 0 Å². The summed E-state index contributed by atoms with van der Waals surface area (Å²) in [6.45, 7) is 0. The lowest BCUT2D eigenvalue weighted by Gasteiger charge is -1.98. The van der Waals surface area contributed by atoms with Crippen molar-refractivity contribution in [1.82, 2.24) is 5.16 Å². The molecule has 1 aromatic carbocycles. The van der Waals surface area contributed by atoms with Crippen molar-refractivity contribution in [2.75, 3.05) is 5.73 Å². The zero-order valence-corrected chi connectivity index (χ0v) is 8.48. The molecule has 0 aliphatic rings. The zero-order valence-electron chi connectivity index (χ0n) is 8.48. The molecule has 0 radical (unpaired) electrons. The van der Waals surface area contributed by atoms with Crippen molar-refractivity contribution >= 4 is 28.0 Å². The lowest BCUT2D eigenvalue weighted by molar-refractivity contribution is -0.392. The predicted octanol–water partition coefficient (Wildman–Crippen LogP) is 1.10. The van der Waals surface area contributed by atoms with E-state index in [-0.39, 0.29) is 16.7 Å². The number of nitro groups is 2. The van der Waals surface area contributed by atoms with E-state index >= 15 is 0 Å². The highest BCUT2D eigenvalue weighted by Crippen LogP contribution is 2.38. The number of anilines is 1. The van der Waals surface area contributed by atoms with Gasteiger partial charge in [0, 0.05) is 0 Å². The van der Waals surface area contributed by atoms with Gasteiger partial charge in [-0.05, 0) is 0 Å². The average Bonchev–Trinajstić information content (AvgIpc) is 2.72. The molecule has 2 N–H and O–H groups in total. The Kier molecular flexibility index (Phi) is 2.30. The second kappa shape index (κ2) is 3.67. The Morgan fingerprint density at radius 3 is 2.44 bits per heavy atom. The Morgan fingerprint density at radius 2 is 1.94 bits per heavy atom. The van der Waals surface area contributed by atoms with Crippen molar-refractivity contribution in [3.05, 3.63) is 32.0 Å². The van der Waals surface area contributed by atoms with Crippen LogP contribution in [0.2, 0.25) is 0 Å². The maximum atomic E-state index is 10.8. The molecule has 10 nitrogen and oxygen atoms in total. The third-order valence-electron chi connectivity index (χ3n) is 2.24. The van der Waals surface area contributed by atoms with Gasteiger partial charge in [0.05, 0.1) is 15.9 Å². The molecule has 2 rings (SSSR count). The van der Waals surface area contributed by atoms with Gasteiger partial charge in [0.1, 0.15) is 11.5 Å². The fraction of sp³-hybridized carbons (Fsp3) is 0. The van der Waals surface area contributed by atoms with Crippen LogP contribution in [0.15, 0.2) is 10.6 Å². The molecule has 0 saturated heterocycles. The van der Waals surface area contributed by atoms with Crippen LogP contribution in [0.1, 0.15) is 5.69 Å². The number of rotatable bonds is 2. The van der Waals surface area contributed by atoms with Crippen molar-refractivity contribution < 1.29 is 14.4 Å². The Hall–Kier alpha value is -3.22. The minimum atomic E-state index is -0.879. The molecule has 90 valence electrons. The lowest BCUT2D eigenvalue weighted by Crippen LogP contribution is -1.99.